The molecular formula is C28H34ClN5O3. The van der Waals surface area contributed by atoms with Crippen molar-refractivity contribution in [1.29, 1.82) is 0 Å². The highest BCUT2D eigenvalue weighted by molar-refractivity contribution is 6.36. The van der Waals surface area contributed by atoms with Gasteiger partial charge >= 0.3 is 0 Å². The van der Waals surface area contributed by atoms with Crippen molar-refractivity contribution in [1.82, 2.24) is 9.88 Å². The molecule has 0 unspecified atom stereocenters. The lowest BCUT2D eigenvalue weighted by atomic mass is 10.0. The van der Waals surface area contributed by atoms with Gasteiger partial charge in [0.25, 0.3) is 0 Å². The third kappa shape index (κ3) is 6.52. The summed E-state index contributed by atoms with van der Waals surface area (Å²) >= 11 is 6.63. The van der Waals surface area contributed by atoms with Crippen molar-refractivity contribution in [2.75, 3.05) is 56.4 Å². The summed E-state index contributed by atoms with van der Waals surface area (Å²) in [5.41, 5.74) is 11.6. The molecule has 0 aliphatic carbocycles. The second kappa shape index (κ2) is 12.8. The van der Waals surface area contributed by atoms with Gasteiger partial charge in [-0.1, -0.05) is 60.1 Å². The van der Waals surface area contributed by atoms with Crippen LogP contribution in [-0.2, 0) is 22.6 Å². The largest absolute Gasteiger partial charge is 0.474 e. The molecule has 3 aromatic rings. The van der Waals surface area contributed by atoms with Gasteiger partial charge < -0.3 is 25.4 Å². The number of anilines is 3. The first kappa shape index (κ1) is 26.7. The number of nitrogens with one attached hydrogen (secondary N) is 1. The minimum atomic E-state index is 0.153. The van der Waals surface area contributed by atoms with Crippen LogP contribution in [0.5, 0.6) is 5.88 Å². The molecule has 1 aliphatic heterocycles. The summed E-state index contributed by atoms with van der Waals surface area (Å²) in [5.74, 6) is 0.338. The molecule has 0 radical (unpaired) electrons. The van der Waals surface area contributed by atoms with Crippen LogP contribution < -0.4 is 20.7 Å². The van der Waals surface area contributed by atoms with Crippen molar-refractivity contribution < 1.29 is 14.3 Å². The molecule has 0 spiro atoms. The standard InChI is InChI=1S/C28H34ClN5O3/c1-31-25-26(24(29)28(32-27(25)30)37-16-15-36-2)34(19-35)18-21-7-11-23(12-8-21)22-9-5-20(6-10-22)17-33-13-3-4-14-33/h5-12,19,31H,3-4,13-18H2,1-2H3,(H2,30,32). The molecule has 8 nitrogen and oxygen atoms in total. The van der Waals surface area contributed by atoms with Crippen molar-refractivity contribution in [3.63, 3.8) is 0 Å². The van der Waals surface area contributed by atoms with Crippen molar-refractivity contribution in [2.24, 2.45) is 0 Å². The number of pyridine rings is 1. The molecule has 2 heterocycles. The molecule has 0 atom stereocenters. The van der Waals surface area contributed by atoms with E-state index in [0.717, 1.165) is 29.6 Å². The van der Waals surface area contributed by atoms with Crippen molar-refractivity contribution in [2.45, 2.75) is 25.9 Å². The first-order chi connectivity index (χ1) is 18.0. The van der Waals surface area contributed by atoms with Crippen molar-refractivity contribution >= 4 is 35.2 Å². The van der Waals surface area contributed by atoms with E-state index in [0.29, 0.717) is 24.5 Å². The predicted octanol–water partition coefficient (Wildman–Crippen LogP) is 4.81. The SMILES string of the molecule is CNc1c(N)nc(OCCOC)c(Cl)c1N(C=O)Cc1ccc(-c2ccc(CN3CCCC3)cc2)cc1. The van der Waals surface area contributed by atoms with E-state index in [1.54, 1.807) is 14.2 Å². The number of hydrogen-bond donors (Lipinski definition) is 2. The fourth-order valence-electron chi connectivity index (χ4n) is 4.55. The third-order valence-corrected chi connectivity index (χ3v) is 6.84. The summed E-state index contributed by atoms with van der Waals surface area (Å²) in [5, 5.41) is 3.20. The second-order valence-corrected chi connectivity index (χ2v) is 9.42. The van der Waals surface area contributed by atoms with E-state index in [-0.39, 0.29) is 23.3 Å². The van der Waals surface area contributed by atoms with Crippen LogP contribution in [-0.4, -0.2) is 56.8 Å². The topological polar surface area (TPSA) is 93.0 Å². The Morgan fingerprint density at radius 3 is 2.24 bits per heavy atom. The summed E-state index contributed by atoms with van der Waals surface area (Å²) in [6.07, 6.45) is 3.33. The first-order valence-corrected chi connectivity index (χ1v) is 12.8. The molecule has 0 bridgehead atoms. The number of aromatic nitrogens is 1. The smallest absolute Gasteiger partial charge is 0.236 e. The van der Waals surface area contributed by atoms with Crippen LogP contribution in [0.25, 0.3) is 11.1 Å². The number of methoxy groups -OCH3 is 1. The average Bonchev–Trinajstić information content (AvgIpc) is 3.43. The van der Waals surface area contributed by atoms with E-state index in [1.807, 2.05) is 12.1 Å². The number of rotatable bonds is 12. The van der Waals surface area contributed by atoms with Gasteiger partial charge in [0.1, 0.15) is 17.3 Å². The Balaban J connectivity index is 1.50. The Hall–Kier alpha value is -3.33. The van der Waals surface area contributed by atoms with Crippen LogP contribution in [0.15, 0.2) is 48.5 Å². The quantitative estimate of drug-likeness (QED) is 0.260. The molecule has 9 heteroatoms. The van der Waals surface area contributed by atoms with Gasteiger partial charge in [-0.25, -0.2) is 0 Å². The van der Waals surface area contributed by atoms with Crippen LogP contribution in [0.4, 0.5) is 17.2 Å². The number of nitrogens with zero attached hydrogens (tertiary/aromatic N) is 3. The number of carbonyl (C=O) groups excluding carboxylic acids is 1. The van der Waals surface area contributed by atoms with Gasteiger partial charge in [0.15, 0.2) is 5.82 Å². The highest BCUT2D eigenvalue weighted by Crippen LogP contribution is 2.42. The predicted molar refractivity (Wildman–Crippen MR) is 149 cm³/mol. The van der Waals surface area contributed by atoms with Crippen LogP contribution in [0, 0.1) is 0 Å². The summed E-state index contributed by atoms with van der Waals surface area (Å²) in [4.78, 5) is 20.4. The fraction of sp³-hybridized carbons (Fsp3) is 0.357. The molecule has 196 valence electrons. The lowest BCUT2D eigenvalue weighted by Crippen LogP contribution is -2.23. The molecule has 1 aliphatic rings. The van der Waals surface area contributed by atoms with Gasteiger partial charge in [0, 0.05) is 20.7 Å². The number of halogens is 1. The Morgan fingerprint density at radius 2 is 1.68 bits per heavy atom. The molecule has 3 N–H and O–H groups in total. The van der Waals surface area contributed by atoms with Gasteiger partial charge in [-0.15, -0.1) is 0 Å². The zero-order chi connectivity index (χ0) is 26.2. The summed E-state index contributed by atoms with van der Waals surface area (Å²) in [7, 11) is 3.28. The number of amides is 1. The van der Waals surface area contributed by atoms with Crippen LogP contribution in [0.2, 0.25) is 5.02 Å². The number of benzene rings is 2. The lowest BCUT2D eigenvalue weighted by molar-refractivity contribution is -0.107. The van der Waals surface area contributed by atoms with E-state index < -0.39 is 0 Å². The Kier molecular flexibility index (Phi) is 9.22. The van der Waals surface area contributed by atoms with E-state index in [4.69, 9.17) is 26.8 Å². The zero-order valence-corrected chi connectivity index (χ0v) is 22.1. The minimum absolute atomic E-state index is 0.153. The lowest BCUT2D eigenvalue weighted by Gasteiger charge is -2.24. The normalized spacial score (nSPS) is 13.5. The van der Waals surface area contributed by atoms with Crippen molar-refractivity contribution in [3.8, 4) is 17.0 Å². The van der Waals surface area contributed by atoms with E-state index >= 15 is 0 Å². The van der Waals surface area contributed by atoms with E-state index in [9.17, 15) is 4.79 Å². The number of nitrogen functional groups attached to an aromatic ring is 1. The van der Waals surface area contributed by atoms with Crippen LogP contribution >= 0.6 is 11.6 Å². The Labute approximate surface area is 223 Å². The molecule has 1 amide bonds. The van der Waals surface area contributed by atoms with Gasteiger partial charge in [0.05, 0.1) is 18.8 Å². The number of hydrogen-bond acceptors (Lipinski definition) is 7. The first-order valence-electron chi connectivity index (χ1n) is 12.4. The highest BCUT2D eigenvalue weighted by Gasteiger charge is 2.23. The van der Waals surface area contributed by atoms with Crippen LogP contribution in [0.1, 0.15) is 24.0 Å². The maximum absolute atomic E-state index is 12.2. The average molecular weight is 524 g/mol. The second-order valence-electron chi connectivity index (χ2n) is 9.04. The number of likely N-dealkylation sites (tertiary alicyclic amines) is 1. The third-order valence-electron chi connectivity index (χ3n) is 6.50. The maximum atomic E-state index is 12.2. The molecule has 37 heavy (non-hydrogen) atoms. The molecular weight excluding hydrogens is 490 g/mol. The molecule has 1 saturated heterocycles. The number of ether oxygens (including phenoxy) is 2. The highest BCUT2D eigenvalue weighted by atomic mass is 35.5. The monoisotopic (exact) mass is 523 g/mol. The number of carbonyl (C=O) groups is 1. The van der Waals surface area contributed by atoms with Crippen LogP contribution in [0.3, 0.4) is 0 Å². The zero-order valence-electron chi connectivity index (χ0n) is 21.4. The molecule has 2 aromatic carbocycles. The Bertz CT molecular complexity index is 1180. The Morgan fingerprint density at radius 1 is 1.05 bits per heavy atom. The summed E-state index contributed by atoms with van der Waals surface area (Å²) < 4.78 is 10.7. The van der Waals surface area contributed by atoms with Crippen molar-refractivity contribution in [3.05, 3.63) is 64.7 Å². The molecule has 4 rings (SSSR count). The minimum Gasteiger partial charge on any atom is -0.474 e. The van der Waals surface area contributed by atoms with Gasteiger partial charge in [0.2, 0.25) is 12.3 Å². The summed E-state index contributed by atoms with van der Waals surface area (Å²) in [6, 6.07) is 16.9. The fourth-order valence-corrected chi connectivity index (χ4v) is 4.85. The van der Waals surface area contributed by atoms with E-state index in [1.165, 1.54) is 36.4 Å². The maximum Gasteiger partial charge on any atom is 0.236 e. The van der Waals surface area contributed by atoms with Gasteiger partial charge in [-0.3, -0.25) is 9.69 Å². The molecule has 0 saturated carbocycles. The van der Waals surface area contributed by atoms with Gasteiger partial charge in [-0.05, 0) is 48.2 Å². The number of nitrogens with two attached hydrogens (primary N) is 1. The van der Waals surface area contributed by atoms with E-state index in [2.05, 4.69) is 51.6 Å². The van der Waals surface area contributed by atoms with Gasteiger partial charge in [-0.2, -0.15) is 4.98 Å². The molecule has 1 fully saturated rings. The molecule has 1 aromatic heterocycles. The summed E-state index contributed by atoms with van der Waals surface area (Å²) in [6.45, 7) is 4.31.